The first-order valence-corrected chi connectivity index (χ1v) is 6.29. The molecule has 0 bridgehead atoms. The van der Waals surface area contributed by atoms with Crippen LogP contribution in [0.5, 0.6) is 0 Å². The van der Waals surface area contributed by atoms with Gasteiger partial charge in [-0.1, -0.05) is 6.07 Å². The van der Waals surface area contributed by atoms with E-state index in [1.54, 1.807) is 13.0 Å². The van der Waals surface area contributed by atoms with E-state index in [2.05, 4.69) is 21.2 Å². The minimum atomic E-state index is -0.559. The molecule has 19 heavy (non-hydrogen) atoms. The molecule has 0 radical (unpaired) electrons. The van der Waals surface area contributed by atoms with Gasteiger partial charge in [0.15, 0.2) is 0 Å². The maximum atomic E-state index is 13.5. The van der Waals surface area contributed by atoms with E-state index in [0.29, 0.717) is 0 Å². The SMILES string of the molecule is Cc1ccc(F)c(NC(=O)c2ccc(Br)c(F)c2)c1. The van der Waals surface area contributed by atoms with Gasteiger partial charge in [-0.15, -0.1) is 0 Å². The van der Waals surface area contributed by atoms with Crippen molar-refractivity contribution in [1.82, 2.24) is 0 Å². The Bertz CT molecular complexity index is 643. The summed E-state index contributed by atoms with van der Waals surface area (Å²) in [6.07, 6.45) is 0. The molecule has 1 amide bonds. The van der Waals surface area contributed by atoms with Gasteiger partial charge in [-0.3, -0.25) is 4.79 Å². The molecule has 0 saturated carbocycles. The highest BCUT2D eigenvalue weighted by atomic mass is 79.9. The van der Waals surface area contributed by atoms with Crippen LogP contribution in [0.1, 0.15) is 15.9 Å². The number of hydrogen-bond donors (Lipinski definition) is 1. The molecule has 0 aliphatic heterocycles. The van der Waals surface area contributed by atoms with Crippen molar-refractivity contribution in [2.24, 2.45) is 0 Å². The Hall–Kier alpha value is -1.75. The van der Waals surface area contributed by atoms with Crippen LogP contribution in [0.4, 0.5) is 14.5 Å². The molecule has 0 aliphatic rings. The van der Waals surface area contributed by atoms with Gasteiger partial charge >= 0.3 is 0 Å². The Morgan fingerprint density at radius 2 is 1.84 bits per heavy atom. The maximum absolute atomic E-state index is 13.5. The molecular formula is C14H10BrF2NO. The average Bonchev–Trinajstić information content (AvgIpc) is 2.37. The summed E-state index contributed by atoms with van der Waals surface area (Å²) in [5.74, 6) is -1.63. The Kier molecular flexibility index (Phi) is 3.95. The molecule has 0 heterocycles. The molecule has 2 aromatic carbocycles. The number of carbonyl (C=O) groups excluding carboxylic acids is 1. The largest absolute Gasteiger partial charge is 0.319 e. The highest BCUT2D eigenvalue weighted by Gasteiger charge is 2.11. The van der Waals surface area contributed by atoms with Crippen molar-refractivity contribution >= 4 is 27.5 Å². The number of anilines is 1. The minimum absolute atomic E-state index is 0.0772. The van der Waals surface area contributed by atoms with Crippen LogP contribution in [-0.4, -0.2) is 5.91 Å². The summed E-state index contributed by atoms with van der Waals surface area (Å²) in [5, 5.41) is 2.42. The summed E-state index contributed by atoms with van der Waals surface area (Å²) >= 11 is 3.00. The molecule has 0 spiro atoms. The van der Waals surface area contributed by atoms with Gasteiger partial charge < -0.3 is 5.32 Å². The lowest BCUT2D eigenvalue weighted by Gasteiger charge is -2.07. The number of nitrogens with one attached hydrogen (secondary N) is 1. The second kappa shape index (κ2) is 5.48. The highest BCUT2D eigenvalue weighted by Crippen LogP contribution is 2.19. The molecular weight excluding hydrogens is 316 g/mol. The van der Waals surface area contributed by atoms with Gasteiger partial charge in [-0.05, 0) is 58.7 Å². The normalized spacial score (nSPS) is 10.3. The molecule has 0 aliphatic carbocycles. The Morgan fingerprint density at radius 3 is 2.53 bits per heavy atom. The average molecular weight is 326 g/mol. The topological polar surface area (TPSA) is 29.1 Å². The third kappa shape index (κ3) is 3.17. The second-order valence-corrected chi connectivity index (χ2v) is 4.92. The fourth-order valence-electron chi connectivity index (χ4n) is 1.57. The molecule has 2 aromatic rings. The zero-order valence-electron chi connectivity index (χ0n) is 10.0. The van der Waals surface area contributed by atoms with E-state index in [0.717, 1.165) is 11.6 Å². The molecule has 0 atom stereocenters. The fraction of sp³-hybridized carbons (Fsp3) is 0.0714. The molecule has 0 aromatic heterocycles. The van der Waals surface area contributed by atoms with Crippen LogP contribution in [0.25, 0.3) is 0 Å². The molecule has 2 rings (SSSR count). The first kappa shape index (κ1) is 13.7. The molecule has 2 nitrogen and oxygen atoms in total. The van der Waals surface area contributed by atoms with Crippen molar-refractivity contribution in [3.8, 4) is 0 Å². The number of amides is 1. The predicted molar refractivity (Wildman–Crippen MR) is 73.2 cm³/mol. The van der Waals surface area contributed by atoms with Crippen molar-refractivity contribution < 1.29 is 13.6 Å². The number of rotatable bonds is 2. The second-order valence-electron chi connectivity index (χ2n) is 4.07. The van der Waals surface area contributed by atoms with Crippen LogP contribution in [0.15, 0.2) is 40.9 Å². The highest BCUT2D eigenvalue weighted by molar-refractivity contribution is 9.10. The van der Waals surface area contributed by atoms with Crippen molar-refractivity contribution in [3.05, 3.63) is 63.6 Å². The van der Waals surface area contributed by atoms with E-state index < -0.39 is 17.5 Å². The van der Waals surface area contributed by atoms with E-state index in [9.17, 15) is 13.6 Å². The van der Waals surface area contributed by atoms with Gasteiger partial charge in [-0.2, -0.15) is 0 Å². The minimum Gasteiger partial charge on any atom is -0.319 e. The summed E-state index contributed by atoms with van der Waals surface area (Å²) < 4.78 is 27.1. The van der Waals surface area contributed by atoms with E-state index in [4.69, 9.17) is 0 Å². The van der Waals surface area contributed by atoms with Crippen molar-refractivity contribution in [2.75, 3.05) is 5.32 Å². The lowest BCUT2D eigenvalue weighted by Crippen LogP contribution is -2.13. The quantitative estimate of drug-likeness (QED) is 0.876. The molecule has 1 N–H and O–H groups in total. The number of halogens is 3. The van der Waals surface area contributed by atoms with Gasteiger partial charge in [0, 0.05) is 5.56 Å². The van der Waals surface area contributed by atoms with E-state index in [1.807, 2.05) is 0 Å². The van der Waals surface area contributed by atoms with Crippen LogP contribution in [0.2, 0.25) is 0 Å². The summed E-state index contributed by atoms with van der Waals surface area (Å²) in [7, 11) is 0. The lowest BCUT2D eigenvalue weighted by atomic mass is 10.2. The lowest BCUT2D eigenvalue weighted by molar-refractivity contribution is 0.102. The van der Waals surface area contributed by atoms with Crippen LogP contribution >= 0.6 is 15.9 Å². The van der Waals surface area contributed by atoms with Gasteiger partial charge in [0.05, 0.1) is 10.2 Å². The fourth-order valence-corrected chi connectivity index (χ4v) is 1.81. The molecule has 5 heteroatoms. The molecule has 0 saturated heterocycles. The van der Waals surface area contributed by atoms with Crippen molar-refractivity contribution in [3.63, 3.8) is 0 Å². The Balaban J connectivity index is 2.25. The Labute approximate surface area is 117 Å². The molecule has 98 valence electrons. The Morgan fingerprint density at radius 1 is 1.11 bits per heavy atom. The van der Waals surface area contributed by atoms with E-state index >= 15 is 0 Å². The summed E-state index contributed by atoms with van der Waals surface area (Å²) in [6.45, 7) is 1.79. The van der Waals surface area contributed by atoms with E-state index in [-0.39, 0.29) is 15.7 Å². The number of benzene rings is 2. The van der Waals surface area contributed by atoms with E-state index in [1.165, 1.54) is 24.3 Å². The summed E-state index contributed by atoms with van der Waals surface area (Å²) in [6, 6.07) is 8.36. The number of aryl methyl sites for hydroxylation is 1. The van der Waals surface area contributed by atoms with Crippen LogP contribution in [0.3, 0.4) is 0 Å². The first-order valence-electron chi connectivity index (χ1n) is 5.50. The zero-order chi connectivity index (χ0) is 14.0. The number of hydrogen-bond acceptors (Lipinski definition) is 1. The summed E-state index contributed by atoms with van der Waals surface area (Å²) in [4.78, 5) is 11.9. The van der Waals surface area contributed by atoms with Crippen LogP contribution in [0, 0.1) is 18.6 Å². The molecule has 0 unspecified atom stereocenters. The maximum Gasteiger partial charge on any atom is 0.255 e. The smallest absolute Gasteiger partial charge is 0.255 e. The van der Waals surface area contributed by atoms with Gasteiger partial charge in [-0.25, -0.2) is 8.78 Å². The van der Waals surface area contributed by atoms with Crippen LogP contribution in [-0.2, 0) is 0 Å². The standard InChI is InChI=1S/C14H10BrF2NO/c1-8-2-5-11(16)13(6-8)18-14(19)9-3-4-10(15)12(17)7-9/h2-7H,1H3,(H,18,19). The van der Waals surface area contributed by atoms with Gasteiger partial charge in [0.1, 0.15) is 11.6 Å². The monoisotopic (exact) mass is 325 g/mol. The molecule has 0 fully saturated rings. The third-order valence-electron chi connectivity index (χ3n) is 2.55. The zero-order valence-corrected chi connectivity index (χ0v) is 11.6. The number of carbonyl (C=O) groups is 1. The van der Waals surface area contributed by atoms with Gasteiger partial charge in [0.2, 0.25) is 0 Å². The van der Waals surface area contributed by atoms with Crippen molar-refractivity contribution in [2.45, 2.75) is 6.92 Å². The third-order valence-corrected chi connectivity index (χ3v) is 3.19. The van der Waals surface area contributed by atoms with Gasteiger partial charge in [0.25, 0.3) is 5.91 Å². The predicted octanol–water partition coefficient (Wildman–Crippen LogP) is 4.29. The van der Waals surface area contributed by atoms with Crippen molar-refractivity contribution in [1.29, 1.82) is 0 Å². The van der Waals surface area contributed by atoms with Crippen LogP contribution < -0.4 is 5.32 Å². The summed E-state index contributed by atoms with van der Waals surface area (Å²) in [5.41, 5.74) is 1.02. The first-order chi connectivity index (χ1) is 8.97.